The van der Waals surface area contributed by atoms with Crippen LogP contribution in [0.1, 0.15) is 31.1 Å². The average Bonchev–Trinajstić information content (AvgIpc) is 2.44. The zero-order valence-electron chi connectivity index (χ0n) is 12.7. The van der Waals surface area contributed by atoms with Gasteiger partial charge in [-0.25, -0.2) is 4.98 Å². The number of nitrogens with zero attached hydrogens (tertiary/aromatic N) is 2. The van der Waals surface area contributed by atoms with Gasteiger partial charge in [0.15, 0.2) is 0 Å². The number of hydrogen-bond acceptors (Lipinski definition) is 5. The standard InChI is InChI=1S/C16H22N4O/c1-11(2)21-15-9-12(3)19-16(20-15)18-10-14(17)13-7-5-4-6-8-13/h4-9,11,14H,10,17H2,1-3H3,(H,18,19,20). The lowest BCUT2D eigenvalue weighted by Crippen LogP contribution is -2.21. The van der Waals surface area contributed by atoms with Crippen molar-refractivity contribution in [2.24, 2.45) is 5.73 Å². The fraction of sp³-hybridized carbons (Fsp3) is 0.375. The molecule has 112 valence electrons. The van der Waals surface area contributed by atoms with E-state index in [0.717, 1.165) is 11.3 Å². The summed E-state index contributed by atoms with van der Waals surface area (Å²) in [4.78, 5) is 8.69. The van der Waals surface area contributed by atoms with Crippen LogP contribution in [-0.4, -0.2) is 22.6 Å². The van der Waals surface area contributed by atoms with Crippen molar-refractivity contribution in [1.29, 1.82) is 0 Å². The molecule has 0 fully saturated rings. The largest absolute Gasteiger partial charge is 0.475 e. The zero-order chi connectivity index (χ0) is 15.2. The summed E-state index contributed by atoms with van der Waals surface area (Å²) in [5, 5.41) is 3.17. The summed E-state index contributed by atoms with van der Waals surface area (Å²) in [7, 11) is 0. The number of anilines is 1. The smallest absolute Gasteiger partial charge is 0.226 e. The first-order valence-electron chi connectivity index (χ1n) is 7.11. The van der Waals surface area contributed by atoms with Crippen molar-refractivity contribution in [3.05, 3.63) is 47.7 Å². The van der Waals surface area contributed by atoms with Gasteiger partial charge in [0.25, 0.3) is 0 Å². The maximum absolute atomic E-state index is 6.15. The summed E-state index contributed by atoms with van der Waals surface area (Å²) in [6.45, 7) is 6.41. The zero-order valence-corrected chi connectivity index (χ0v) is 12.7. The molecule has 0 bridgehead atoms. The molecule has 5 nitrogen and oxygen atoms in total. The second-order valence-corrected chi connectivity index (χ2v) is 5.24. The fourth-order valence-corrected chi connectivity index (χ4v) is 1.94. The second-order valence-electron chi connectivity index (χ2n) is 5.24. The Morgan fingerprint density at radius 1 is 1.19 bits per heavy atom. The molecule has 0 saturated carbocycles. The summed E-state index contributed by atoms with van der Waals surface area (Å²) in [6.07, 6.45) is 0.0822. The number of aromatic nitrogens is 2. The van der Waals surface area contributed by atoms with Gasteiger partial charge in [-0.2, -0.15) is 4.98 Å². The summed E-state index contributed by atoms with van der Waals surface area (Å²) in [6, 6.07) is 11.7. The van der Waals surface area contributed by atoms with Crippen molar-refractivity contribution in [3.8, 4) is 5.88 Å². The lowest BCUT2D eigenvalue weighted by Gasteiger charge is -2.14. The first-order chi connectivity index (χ1) is 10.0. The number of ether oxygens (including phenoxy) is 1. The molecule has 1 unspecified atom stereocenters. The molecular weight excluding hydrogens is 264 g/mol. The molecule has 0 aliphatic carbocycles. The molecule has 0 saturated heterocycles. The molecule has 0 aliphatic rings. The summed E-state index contributed by atoms with van der Waals surface area (Å²) in [5.41, 5.74) is 8.09. The third-order valence-electron chi connectivity index (χ3n) is 2.89. The van der Waals surface area contributed by atoms with E-state index in [9.17, 15) is 0 Å². The molecule has 5 heteroatoms. The Morgan fingerprint density at radius 2 is 1.90 bits per heavy atom. The highest BCUT2D eigenvalue weighted by atomic mass is 16.5. The number of nitrogens with one attached hydrogen (secondary N) is 1. The minimum Gasteiger partial charge on any atom is -0.475 e. The molecule has 21 heavy (non-hydrogen) atoms. The molecule has 0 radical (unpaired) electrons. The molecule has 2 aromatic rings. The van der Waals surface area contributed by atoms with Gasteiger partial charge in [0.1, 0.15) is 0 Å². The van der Waals surface area contributed by atoms with Crippen LogP contribution in [0.5, 0.6) is 5.88 Å². The first kappa shape index (κ1) is 15.3. The van der Waals surface area contributed by atoms with Crippen LogP contribution in [0.25, 0.3) is 0 Å². The van der Waals surface area contributed by atoms with Crippen molar-refractivity contribution < 1.29 is 4.74 Å². The highest BCUT2D eigenvalue weighted by Crippen LogP contribution is 2.15. The van der Waals surface area contributed by atoms with E-state index in [-0.39, 0.29) is 12.1 Å². The van der Waals surface area contributed by atoms with Crippen LogP contribution < -0.4 is 15.8 Å². The van der Waals surface area contributed by atoms with Crippen molar-refractivity contribution in [2.45, 2.75) is 32.9 Å². The Kier molecular flexibility index (Phi) is 5.11. The highest BCUT2D eigenvalue weighted by Gasteiger charge is 2.08. The van der Waals surface area contributed by atoms with E-state index < -0.39 is 0 Å². The molecule has 1 heterocycles. The molecule has 0 aliphatic heterocycles. The van der Waals surface area contributed by atoms with Gasteiger partial charge in [0, 0.05) is 24.3 Å². The number of aryl methyl sites for hydroxylation is 1. The highest BCUT2D eigenvalue weighted by molar-refractivity contribution is 5.32. The van der Waals surface area contributed by atoms with Gasteiger partial charge in [-0.3, -0.25) is 0 Å². The summed E-state index contributed by atoms with van der Waals surface area (Å²) >= 11 is 0. The quantitative estimate of drug-likeness (QED) is 0.854. The summed E-state index contributed by atoms with van der Waals surface area (Å²) < 4.78 is 5.60. The number of nitrogens with two attached hydrogens (primary N) is 1. The van der Waals surface area contributed by atoms with Crippen LogP contribution in [0, 0.1) is 6.92 Å². The van der Waals surface area contributed by atoms with Gasteiger partial charge in [-0.15, -0.1) is 0 Å². The predicted octanol–water partition coefficient (Wildman–Crippen LogP) is 2.68. The van der Waals surface area contributed by atoms with Gasteiger partial charge >= 0.3 is 0 Å². The van der Waals surface area contributed by atoms with Crippen LogP contribution in [0.2, 0.25) is 0 Å². The Bertz CT molecular complexity index is 572. The molecule has 2 rings (SSSR count). The Labute approximate surface area is 125 Å². The minimum atomic E-state index is -0.107. The number of rotatable bonds is 6. The second kappa shape index (κ2) is 7.04. The van der Waals surface area contributed by atoms with Crippen LogP contribution in [0.3, 0.4) is 0 Å². The van der Waals surface area contributed by atoms with E-state index in [4.69, 9.17) is 10.5 Å². The van der Waals surface area contributed by atoms with Crippen molar-refractivity contribution >= 4 is 5.95 Å². The lowest BCUT2D eigenvalue weighted by molar-refractivity contribution is 0.232. The summed E-state index contributed by atoms with van der Waals surface area (Å²) in [5.74, 6) is 1.12. The van der Waals surface area contributed by atoms with E-state index in [1.165, 1.54) is 0 Å². The normalized spacial score (nSPS) is 12.2. The Hall–Kier alpha value is -2.14. The molecule has 0 spiro atoms. The maximum atomic E-state index is 6.15. The maximum Gasteiger partial charge on any atom is 0.226 e. The van der Waals surface area contributed by atoms with Crippen LogP contribution in [0.15, 0.2) is 36.4 Å². The fourth-order valence-electron chi connectivity index (χ4n) is 1.94. The monoisotopic (exact) mass is 286 g/mol. The molecule has 1 atom stereocenters. The Morgan fingerprint density at radius 3 is 2.57 bits per heavy atom. The van der Waals surface area contributed by atoms with Gasteiger partial charge in [-0.1, -0.05) is 30.3 Å². The SMILES string of the molecule is Cc1cc(OC(C)C)nc(NCC(N)c2ccccc2)n1. The van der Waals surface area contributed by atoms with Crippen LogP contribution in [-0.2, 0) is 0 Å². The molecule has 1 aromatic carbocycles. The van der Waals surface area contributed by atoms with Crippen molar-refractivity contribution in [3.63, 3.8) is 0 Å². The molecule has 0 amide bonds. The molecular formula is C16H22N4O. The predicted molar refractivity (Wildman–Crippen MR) is 84.4 cm³/mol. The minimum absolute atomic E-state index is 0.0822. The topological polar surface area (TPSA) is 73.1 Å². The van der Waals surface area contributed by atoms with Crippen molar-refractivity contribution in [1.82, 2.24) is 9.97 Å². The van der Waals surface area contributed by atoms with Crippen LogP contribution >= 0.6 is 0 Å². The van der Waals surface area contributed by atoms with E-state index in [1.807, 2.05) is 57.2 Å². The Balaban J connectivity index is 2.01. The van der Waals surface area contributed by atoms with E-state index in [2.05, 4.69) is 15.3 Å². The van der Waals surface area contributed by atoms with Gasteiger partial charge in [0.2, 0.25) is 11.8 Å². The van der Waals surface area contributed by atoms with Gasteiger partial charge < -0.3 is 15.8 Å². The third kappa shape index (κ3) is 4.72. The van der Waals surface area contributed by atoms with Crippen molar-refractivity contribution in [2.75, 3.05) is 11.9 Å². The first-order valence-corrected chi connectivity index (χ1v) is 7.11. The van der Waals surface area contributed by atoms with Gasteiger partial charge in [0.05, 0.1) is 6.10 Å². The lowest BCUT2D eigenvalue weighted by atomic mass is 10.1. The van der Waals surface area contributed by atoms with Gasteiger partial charge in [-0.05, 0) is 26.3 Å². The number of benzene rings is 1. The number of hydrogen-bond donors (Lipinski definition) is 2. The molecule has 1 aromatic heterocycles. The van der Waals surface area contributed by atoms with E-state index in [1.54, 1.807) is 0 Å². The van der Waals surface area contributed by atoms with E-state index >= 15 is 0 Å². The average molecular weight is 286 g/mol. The van der Waals surface area contributed by atoms with E-state index in [0.29, 0.717) is 18.4 Å². The third-order valence-corrected chi connectivity index (χ3v) is 2.89. The van der Waals surface area contributed by atoms with Crippen LogP contribution in [0.4, 0.5) is 5.95 Å². The molecule has 3 N–H and O–H groups in total.